The van der Waals surface area contributed by atoms with Crippen molar-refractivity contribution < 1.29 is 23.9 Å². The van der Waals surface area contributed by atoms with Crippen molar-refractivity contribution in [3.63, 3.8) is 0 Å². The van der Waals surface area contributed by atoms with Crippen LogP contribution in [0.4, 0.5) is 4.79 Å². The Balaban J connectivity index is 1.51. The third kappa shape index (κ3) is 4.35. The molecule has 2 saturated heterocycles. The Labute approximate surface area is 197 Å². The molecule has 2 fully saturated rings. The number of nitrogens with zero attached hydrogens (tertiary/aromatic N) is 1. The average molecular weight is 472 g/mol. The summed E-state index contributed by atoms with van der Waals surface area (Å²) in [7, 11) is 3.07. The quantitative estimate of drug-likeness (QED) is 0.631. The van der Waals surface area contributed by atoms with Crippen LogP contribution in [0, 0.1) is 5.92 Å². The van der Waals surface area contributed by atoms with Crippen LogP contribution in [-0.2, 0) is 11.2 Å². The van der Waals surface area contributed by atoms with E-state index in [-0.39, 0.29) is 17.7 Å². The molecule has 2 aromatic rings. The highest BCUT2D eigenvalue weighted by atomic mass is 35.5. The van der Waals surface area contributed by atoms with Crippen LogP contribution < -0.4 is 20.1 Å². The number of rotatable bonds is 6. The summed E-state index contributed by atoms with van der Waals surface area (Å²) in [6.45, 7) is 0.927. The Kier molecular flexibility index (Phi) is 6.47. The molecule has 33 heavy (non-hydrogen) atoms. The summed E-state index contributed by atoms with van der Waals surface area (Å²) >= 11 is 6.35. The van der Waals surface area contributed by atoms with E-state index in [0.29, 0.717) is 54.4 Å². The van der Waals surface area contributed by atoms with E-state index in [9.17, 15) is 14.4 Å². The number of methoxy groups -OCH3 is 2. The van der Waals surface area contributed by atoms with Crippen LogP contribution in [0.1, 0.15) is 28.8 Å². The second-order valence-corrected chi connectivity index (χ2v) is 8.69. The van der Waals surface area contributed by atoms with E-state index < -0.39 is 11.6 Å². The number of carbonyl (C=O) groups excluding carboxylic acids is 3. The van der Waals surface area contributed by atoms with E-state index in [1.165, 1.54) is 7.11 Å². The molecule has 0 spiro atoms. The van der Waals surface area contributed by atoms with E-state index >= 15 is 0 Å². The van der Waals surface area contributed by atoms with Crippen molar-refractivity contribution in [2.24, 2.45) is 5.92 Å². The van der Waals surface area contributed by atoms with Gasteiger partial charge in [0.1, 0.15) is 5.54 Å². The fourth-order valence-electron chi connectivity index (χ4n) is 4.73. The first-order chi connectivity index (χ1) is 15.9. The molecule has 4 rings (SSSR count). The maximum Gasteiger partial charge on any atom is 0.322 e. The van der Waals surface area contributed by atoms with E-state index in [0.717, 1.165) is 5.56 Å². The van der Waals surface area contributed by atoms with Crippen LogP contribution in [-0.4, -0.2) is 55.6 Å². The zero-order chi connectivity index (χ0) is 23.6. The summed E-state index contributed by atoms with van der Waals surface area (Å²) in [4.78, 5) is 39.9. The number of imide groups is 1. The first kappa shape index (κ1) is 22.9. The van der Waals surface area contributed by atoms with Crippen molar-refractivity contribution in [3.8, 4) is 11.5 Å². The first-order valence-electron chi connectivity index (χ1n) is 10.8. The van der Waals surface area contributed by atoms with Crippen LogP contribution in [0.15, 0.2) is 42.5 Å². The van der Waals surface area contributed by atoms with Crippen LogP contribution >= 0.6 is 11.6 Å². The van der Waals surface area contributed by atoms with Crippen LogP contribution in [0.3, 0.4) is 0 Å². The Hall–Kier alpha value is -3.26. The van der Waals surface area contributed by atoms with Gasteiger partial charge in [-0.1, -0.05) is 29.8 Å². The lowest BCUT2D eigenvalue weighted by molar-refractivity contribution is -0.126. The highest BCUT2D eigenvalue weighted by Gasteiger charge is 2.52. The number of ether oxygens (including phenoxy) is 2. The number of benzene rings is 2. The minimum absolute atomic E-state index is 0.116. The minimum atomic E-state index is -1.10. The van der Waals surface area contributed by atoms with Gasteiger partial charge in [0.2, 0.25) is 0 Å². The lowest BCUT2D eigenvalue weighted by atomic mass is 9.74. The summed E-state index contributed by atoms with van der Waals surface area (Å²) in [5.41, 5.74) is 0.199. The average Bonchev–Trinajstić information content (AvgIpc) is 3.13. The number of urea groups is 1. The normalized spacial score (nSPS) is 20.9. The Morgan fingerprint density at radius 3 is 2.39 bits per heavy atom. The predicted molar refractivity (Wildman–Crippen MR) is 123 cm³/mol. The molecule has 2 aromatic carbocycles. The van der Waals surface area contributed by atoms with Gasteiger partial charge in [0.25, 0.3) is 11.8 Å². The summed E-state index contributed by atoms with van der Waals surface area (Å²) in [6, 6.07) is 11.9. The number of hydrogen-bond donors (Lipinski definition) is 2. The zero-order valence-electron chi connectivity index (χ0n) is 18.5. The molecule has 0 aliphatic carbocycles. The summed E-state index contributed by atoms with van der Waals surface area (Å²) in [5, 5.41) is 5.81. The molecule has 2 N–H and O–H groups in total. The second-order valence-electron chi connectivity index (χ2n) is 8.28. The monoisotopic (exact) mass is 471 g/mol. The van der Waals surface area contributed by atoms with Crippen molar-refractivity contribution in [2.45, 2.75) is 24.8 Å². The van der Waals surface area contributed by atoms with Crippen molar-refractivity contribution in [1.29, 1.82) is 0 Å². The van der Waals surface area contributed by atoms with Crippen molar-refractivity contribution in [2.75, 3.05) is 27.3 Å². The van der Waals surface area contributed by atoms with Gasteiger partial charge < -0.3 is 19.7 Å². The van der Waals surface area contributed by atoms with E-state index in [1.807, 2.05) is 18.2 Å². The molecule has 4 amide bonds. The van der Waals surface area contributed by atoms with Crippen molar-refractivity contribution in [3.05, 3.63) is 58.6 Å². The topological polar surface area (TPSA) is 97.0 Å². The summed E-state index contributed by atoms with van der Waals surface area (Å²) in [6.07, 6.45) is 1.42. The van der Waals surface area contributed by atoms with Gasteiger partial charge in [0, 0.05) is 30.1 Å². The Bertz CT molecular complexity index is 1080. The number of amides is 4. The van der Waals surface area contributed by atoms with Gasteiger partial charge in [-0.15, -0.1) is 0 Å². The number of carbonyl (C=O) groups is 3. The molecule has 2 heterocycles. The van der Waals surface area contributed by atoms with E-state index in [1.54, 1.807) is 36.3 Å². The van der Waals surface area contributed by atoms with Crippen LogP contribution in [0.25, 0.3) is 0 Å². The van der Waals surface area contributed by atoms with Crippen LogP contribution in [0.2, 0.25) is 5.02 Å². The fourth-order valence-corrected chi connectivity index (χ4v) is 4.93. The molecule has 1 atom stereocenters. The molecular weight excluding hydrogens is 446 g/mol. The number of halogens is 1. The third-order valence-electron chi connectivity index (χ3n) is 6.51. The lowest BCUT2D eigenvalue weighted by Crippen LogP contribution is -2.58. The predicted octanol–water partition coefficient (Wildman–Crippen LogP) is 3.03. The standard InChI is InChI=1S/C24H26ClN3O5/c1-32-19-8-7-15(13-20(19)33-2)21(29)28-11-9-17(10-12-28)24(22(30)26-23(31)27-24)14-16-5-3-4-6-18(16)25/h3-8,13,17H,9-12,14H2,1-2H3,(H2,26,27,30,31). The summed E-state index contributed by atoms with van der Waals surface area (Å²) in [5.74, 6) is 0.431. The molecule has 0 saturated carbocycles. The van der Waals surface area contributed by atoms with Gasteiger partial charge in [-0.3, -0.25) is 14.9 Å². The highest BCUT2D eigenvalue weighted by Crippen LogP contribution is 2.36. The smallest absolute Gasteiger partial charge is 0.322 e. The summed E-state index contributed by atoms with van der Waals surface area (Å²) < 4.78 is 10.6. The zero-order valence-corrected chi connectivity index (χ0v) is 19.3. The van der Waals surface area contributed by atoms with E-state index in [4.69, 9.17) is 21.1 Å². The fraction of sp³-hybridized carbons (Fsp3) is 0.375. The number of likely N-dealkylation sites (tertiary alicyclic amines) is 1. The number of nitrogens with one attached hydrogen (secondary N) is 2. The molecule has 2 aliphatic rings. The van der Waals surface area contributed by atoms with Gasteiger partial charge >= 0.3 is 6.03 Å². The van der Waals surface area contributed by atoms with Crippen molar-refractivity contribution >= 4 is 29.4 Å². The highest BCUT2D eigenvalue weighted by molar-refractivity contribution is 6.31. The van der Waals surface area contributed by atoms with Gasteiger partial charge in [-0.2, -0.15) is 0 Å². The Morgan fingerprint density at radius 1 is 1.09 bits per heavy atom. The maximum atomic E-state index is 13.1. The van der Waals surface area contributed by atoms with Gasteiger partial charge in [0.05, 0.1) is 14.2 Å². The molecule has 174 valence electrons. The molecule has 0 aromatic heterocycles. The van der Waals surface area contributed by atoms with Gasteiger partial charge in [0.15, 0.2) is 11.5 Å². The minimum Gasteiger partial charge on any atom is -0.493 e. The van der Waals surface area contributed by atoms with E-state index in [2.05, 4.69) is 10.6 Å². The molecule has 0 radical (unpaired) electrons. The van der Waals surface area contributed by atoms with Crippen molar-refractivity contribution in [1.82, 2.24) is 15.5 Å². The maximum absolute atomic E-state index is 13.1. The molecule has 2 aliphatic heterocycles. The van der Waals surface area contributed by atoms with Gasteiger partial charge in [-0.05, 0) is 48.6 Å². The largest absolute Gasteiger partial charge is 0.493 e. The molecule has 1 unspecified atom stereocenters. The molecular formula is C24H26ClN3O5. The SMILES string of the molecule is COc1ccc(C(=O)N2CCC(C3(Cc4ccccc4Cl)NC(=O)NC3=O)CC2)cc1OC. The molecule has 9 heteroatoms. The third-order valence-corrected chi connectivity index (χ3v) is 6.87. The number of hydrogen-bond acceptors (Lipinski definition) is 5. The van der Waals surface area contributed by atoms with Crippen LogP contribution in [0.5, 0.6) is 11.5 Å². The lowest BCUT2D eigenvalue weighted by Gasteiger charge is -2.41. The van der Waals surface area contributed by atoms with Gasteiger partial charge in [-0.25, -0.2) is 4.79 Å². The number of piperidine rings is 1. The second kappa shape index (κ2) is 9.31. The molecule has 8 nitrogen and oxygen atoms in total. The Morgan fingerprint density at radius 2 is 1.79 bits per heavy atom. The first-order valence-corrected chi connectivity index (χ1v) is 11.1. The molecule has 0 bridgehead atoms.